The van der Waals surface area contributed by atoms with E-state index in [9.17, 15) is 9.90 Å². The molecule has 1 aromatic heterocycles. The maximum Gasteiger partial charge on any atom is 0.323 e. The standard InChI is InChI=1S/C14H24N4O2S/c1-9(19)10-6-5-7-18(8-10)13(20)15-12-17-16-11(21-12)14(2,3)4/h9-10,19H,5-8H2,1-4H3,(H,15,17,20). The fourth-order valence-corrected chi connectivity index (χ4v) is 3.13. The first kappa shape index (κ1) is 16.2. The maximum atomic E-state index is 12.3. The molecule has 1 saturated heterocycles. The Balaban J connectivity index is 1.96. The monoisotopic (exact) mass is 312 g/mol. The van der Waals surface area contributed by atoms with Crippen molar-refractivity contribution in [3.8, 4) is 0 Å². The largest absolute Gasteiger partial charge is 0.393 e. The van der Waals surface area contributed by atoms with Crippen LogP contribution < -0.4 is 5.32 Å². The molecule has 2 rings (SSSR count). The van der Waals surface area contributed by atoms with E-state index in [0.717, 1.165) is 24.4 Å². The first-order valence-corrected chi connectivity index (χ1v) is 8.17. The molecule has 2 heterocycles. The van der Waals surface area contributed by atoms with Gasteiger partial charge in [-0.3, -0.25) is 5.32 Å². The summed E-state index contributed by atoms with van der Waals surface area (Å²) in [6, 6.07) is -0.156. The molecular weight excluding hydrogens is 288 g/mol. The fourth-order valence-electron chi connectivity index (χ4n) is 2.34. The van der Waals surface area contributed by atoms with Crippen LogP contribution >= 0.6 is 11.3 Å². The number of nitrogens with one attached hydrogen (secondary N) is 1. The van der Waals surface area contributed by atoms with E-state index < -0.39 is 0 Å². The van der Waals surface area contributed by atoms with Crippen LogP contribution in [0.3, 0.4) is 0 Å². The lowest BCUT2D eigenvalue weighted by molar-refractivity contribution is 0.0766. The summed E-state index contributed by atoms with van der Waals surface area (Å²) in [4.78, 5) is 14.0. The Kier molecular flexibility index (Phi) is 4.83. The van der Waals surface area contributed by atoms with Crippen LogP contribution in [0.25, 0.3) is 0 Å². The number of nitrogens with zero attached hydrogens (tertiary/aromatic N) is 3. The van der Waals surface area contributed by atoms with Crippen molar-refractivity contribution in [3.05, 3.63) is 5.01 Å². The summed E-state index contributed by atoms with van der Waals surface area (Å²) >= 11 is 1.41. The highest BCUT2D eigenvalue weighted by molar-refractivity contribution is 7.15. The highest BCUT2D eigenvalue weighted by Gasteiger charge is 2.27. The zero-order chi connectivity index (χ0) is 15.6. The molecule has 0 bridgehead atoms. The zero-order valence-corrected chi connectivity index (χ0v) is 13.9. The number of hydrogen-bond donors (Lipinski definition) is 2. The van der Waals surface area contributed by atoms with Crippen molar-refractivity contribution >= 4 is 22.5 Å². The van der Waals surface area contributed by atoms with Crippen molar-refractivity contribution in [2.24, 2.45) is 5.92 Å². The van der Waals surface area contributed by atoms with E-state index in [-0.39, 0.29) is 23.5 Å². The van der Waals surface area contributed by atoms with Crippen molar-refractivity contribution < 1.29 is 9.90 Å². The molecule has 1 aromatic rings. The Morgan fingerprint density at radius 3 is 2.76 bits per heavy atom. The van der Waals surface area contributed by atoms with Gasteiger partial charge in [0.15, 0.2) is 0 Å². The molecule has 1 aliphatic rings. The highest BCUT2D eigenvalue weighted by Crippen LogP contribution is 2.28. The fraction of sp³-hybridized carbons (Fsp3) is 0.786. The molecule has 0 saturated carbocycles. The number of amides is 2. The molecule has 2 atom stereocenters. The number of anilines is 1. The predicted molar refractivity (Wildman–Crippen MR) is 83.6 cm³/mol. The van der Waals surface area contributed by atoms with E-state index in [1.54, 1.807) is 11.8 Å². The Bertz CT molecular complexity index is 495. The third-order valence-corrected chi connectivity index (χ3v) is 4.97. The lowest BCUT2D eigenvalue weighted by Gasteiger charge is -2.33. The van der Waals surface area contributed by atoms with Crippen LogP contribution in [-0.4, -0.2) is 45.4 Å². The summed E-state index contributed by atoms with van der Waals surface area (Å²) in [5, 5.41) is 22.1. The molecule has 1 aliphatic heterocycles. The topological polar surface area (TPSA) is 78.4 Å². The van der Waals surface area contributed by atoms with Gasteiger partial charge in [0.05, 0.1) is 6.10 Å². The lowest BCUT2D eigenvalue weighted by Crippen LogP contribution is -2.44. The van der Waals surface area contributed by atoms with Crippen molar-refractivity contribution in [1.82, 2.24) is 15.1 Å². The van der Waals surface area contributed by atoms with E-state index in [1.807, 2.05) is 0 Å². The molecule has 6 nitrogen and oxygen atoms in total. The van der Waals surface area contributed by atoms with Gasteiger partial charge in [0.1, 0.15) is 5.01 Å². The number of likely N-dealkylation sites (tertiary alicyclic amines) is 1. The minimum absolute atomic E-state index is 0.0663. The summed E-state index contributed by atoms with van der Waals surface area (Å²) in [5.74, 6) is 0.157. The van der Waals surface area contributed by atoms with Gasteiger partial charge in [0.25, 0.3) is 0 Å². The number of hydrogen-bond acceptors (Lipinski definition) is 5. The first-order valence-electron chi connectivity index (χ1n) is 7.35. The van der Waals surface area contributed by atoms with E-state index in [2.05, 4.69) is 36.3 Å². The van der Waals surface area contributed by atoms with Crippen LogP contribution in [0.2, 0.25) is 0 Å². The van der Waals surface area contributed by atoms with Crippen LogP contribution in [0, 0.1) is 5.92 Å². The molecule has 2 amide bonds. The predicted octanol–water partition coefficient (Wildman–Crippen LogP) is 2.46. The number of carbonyl (C=O) groups excluding carboxylic acids is 1. The first-order chi connectivity index (χ1) is 9.77. The maximum absolute atomic E-state index is 12.3. The number of piperidine rings is 1. The third kappa shape index (κ3) is 4.14. The zero-order valence-electron chi connectivity index (χ0n) is 13.1. The van der Waals surface area contributed by atoms with Crippen molar-refractivity contribution in [1.29, 1.82) is 0 Å². The number of rotatable bonds is 2. The third-order valence-electron chi connectivity index (χ3n) is 3.71. The number of urea groups is 1. The SMILES string of the molecule is CC(O)C1CCCN(C(=O)Nc2nnc(C(C)(C)C)s2)C1. The van der Waals surface area contributed by atoms with Gasteiger partial charge in [-0.1, -0.05) is 32.1 Å². The lowest BCUT2D eigenvalue weighted by atomic mass is 9.94. The number of aliphatic hydroxyl groups excluding tert-OH is 1. The molecular formula is C14H24N4O2S. The molecule has 1 fully saturated rings. The van der Waals surface area contributed by atoms with Crippen LogP contribution in [0.15, 0.2) is 0 Å². The van der Waals surface area contributed by atoms with Crippen LogP contribution in [-0.2, 0) is 5.41 Å². The molecule has 2 unspecified atom stereocenters. The summed E-state index contributed by atoms with van der Waals surface area (Å²) in [6.07, 6.45) is 1.51. The van der Waals surface area contributed by atoms with Gasteiger partial charge >= 0.3 is 6.03 Å². The molecule has 21 heavy (non-hydrogen) atoms. The van der Waals surface area contributed by atoms with Crippen molar-refractivity contribution in [2.75, 3.05) is 18.4 Å². The van der Waals surface area contributed by atoms with Gasteiger partial charge in [-0.25, -0.2) is 4.79 Å². The van der Waals surface area contributed by atoms with Gasteiger partial charge in [0, 0.05) is 24.4 Å². The Hall–Kier alpha value is -1.21. The second-order valence-corrected chi connectivity index (χ2v) is 7.66. The van der Waals surface area contributed by atoms with E-state index in [0.29, 0.717) is 11.7 Å². The summed E-state index contributed by atoms with van der Waals surface area (Å²) in [5.41, 5.74) is -0.0663. The highest BCUT2D eigenvalue weighted by atomic mass is 32.1. The Morgan fingerprint density at radius 1 is 1.48 bits per heavy atom. The minimum Gasteiger partial charge on any atom is -0.393 e. The van der Waals surface area contributed by atoms with E-state index in [4.69, 9.17) is 0 Å². The second-order valence-electron chi connectivity index (χ2n) is 6.68. The van der Waals surface area contributed by atoms with E-state index in [1.165, 1.54) is 11.3 Å². The number of aliphatic hydroxyl groups is 1. The average Bonchev–Trinajstić information content (AvgIpc) is 2.87. The van der Waals surface area contributed by atoms with Gasteiger partial charge in [-0.15, -0.1) is 10.2 Å². The average molecular weight is 312 g/mol. The summed E-state index contributed by atoms with van der Waals surface area (Å²) in [6.45, 7) is 9.30. The summed E-state index contributed by atoms with van der Waals surface area (Å²) < 4.78 is 0. The molecule has 7 heteroatoms. The molecule has 0 radical (unpaired) electrons. The van der Waals surface area contributed by atoms with Crippen molar-refractivity contribution in [3.63, 3.8) is 0 Å². The van der Waals surface area contributed by atoms with Crippen molar-refractivity contribution in [2.45, 2.75) is 52.1 Å². The number of aromatic nitrogens is 2. The molecule has 0 spiro atoms. The van der Waals surface area contributed by atoms with Crippen LogP contribution in [0.5, 0.6) is 0 Å². The minimum atomic E-state index is -0.380. The Morgan fingerprint density at radius 2 is 2.19 bits per heavy atom. The molecule has 118 valence electrons. The number of carbonyl (C=O) groups is 1. The van der Waals surface area contributed by atoms with Gasteiger partial charge in [-0.05, 0) is 19.8 Å². The van der Waals surface area contributed by atoms with Crippen LogP contribution in [0.1, 0.15) is 45.5 Å². The van der Waals surface area contributed by atoms with Gasteiger partial charge < -0.3 is 10.0 Å². The smallest absolute Gasteiger partial charge is 0.323 e. The quantitative estimate of drug-likeness (QED) is 0.879. The Labute approximate surface area is 129 Å². The summed E-state index contributed by atoms with van der Waals surface area (Å²) in [7, 11) is 0. The normalized spacial score (nSPS) is 21.2. The molecule has 2 N–H and O–H groups in total. The van der Waals surface area contributed by atoms with Crippen LogP contribution in [0.4, 0.5) is 9.93 Å². The van der Waals surface area contributed by atoms with Gasteiger partial charge in [0.2, 0.25) is 5.13 Å². The van der Waals surface area contributed by atoms with Gasteiger partial charge in [-0.2, -0.15) is 0 Å². The van der Waals surface area contributed by atoms with E-state index >= 15 is 0 Å². The molecule has 0 aromatic carbocycles. The molecule has 0 aliphatic carbocycles. The second kappa shape index (κ2) is 6.27.